The lowest BCUT2D eigenvalue weighted by Crippen LogP contribution is -2.39. The predicted octanol–water partition coefficient (Wildman–Crippen LogP) is 5.62. The number of likely N-dealkylation sites (tertiary alicyclic amines) is 1. The first kappa shape index (κ1) is 20.8. The third-order valence-electron chi connectivity index (χ3n) is 6.51. The topological polar surface area (TPSA) is 63.4 Å². The fourth-order valence-electron chi connectivity index (χ4n) is 4.84. The number of fused-ring (bicyclic) bond motifs is 2. The van der Waals surface area contributed by atoms with E-state index in [1.165, 1.54) is 0 Å². The molecule has 6 nitrogen and oxygen atoms in total. The Hall–Kier alpha value is -3.77. The molecule has 1 fully saturated rings. The molecule has 0 radical (unpaired) electrons. The molecule has 1 aliphatic rings. The summed E-state index contributed by atoms with van der Waals surface area (Å²) in [6.45, 7) is 1.32. The quantitative estimate of drug-likeness (QED) is 0.345. The largest absolute Gasteiger partial charge is 0.338 e. The van der Waals surface area contributed by atoms with Crippen molar-refractivity contribution in [1.29, 1.82) is 0 Å². The van der Waals surface area contributed by atoms with E-state index in [4.69, 9.17) is 16.6 Å². The molecule has 0 unspecified atom stereocenters. The number of para-hydroxylation sites is 1. The van der Waals surface area contributed by atoms with Gasteiger partial charge in [-0.05, 0) is 43.2 Å². The van der Waals surface area contributed by atoms with Gasteiger partial charge in [0.2, 0.25) is 0 Å². The standard InChI is InChI=1S/C27H22ClN5O/c28-22-11-3-1-10-20(22)24-16-21(19-9-2-4-12-23(19)29-24)27(34)32-14-7-8-18(17-32)26-31-30-25-13-5-6-15-33(25)26/h1-6,9-13,15-16,18H,7-8,14,17H2/t18-/m1/s1. The fraction of sp³-hybridized carbons (Fsp3) is 0.185. The lowest BCUT2D eigenvalue weighted by atomic mass is 9.95. The number of carbonyl (C=O) groups is 1. The second-order valence-corrected chi connectivity index (χ2v) is 9.04. The Morgan fingerprint density at radius 1 is 0.971 bits per heavy atom. The average molecular weight is 468 g/mol. The van der Waals surface area contributed by atoms with Crippen molar-refractivity contribution in [3.8, 4) is 11.3 Å². The van der Waals surface area contributed by atoms with Crippen LogP contribution in [0.3, 0.4) is 0 Å². The summed E-state index contributed by atoms with van der Waals surface area (Å²) in [7, 11) is 0. The normalized spacial score (nSPS) is 16.3. The zero-order valence-electron chi connectivity index (χ0n) is 18.4. The zero-order chi connectivity index (χ0) is 23.1. The van der Waals surface area contributed by atoms with Crippen molar-refractivity contribution in [1.82, 2.24) is 24.5 Å². The van der Waals surface area contributed by atoms with Crippen molar-refractivity contribution >= 4 is 34.1 Å². The molecule has 1 amide bonds. The Bertz CT molecular complexity index is 1530. The van der Waals surface area contributed by atoms with Gasteiger partial charge in [-0.25, -0.2) is 4.98 Å². The highest BCUT2D eigenvalue weighted by Crippen LogP contribution is 2.32. The first-order chi connectivity index (χ1) is 16.7. The molecule has 1 saturated heterocycles. The highest BCUT2D eigenvalue weighted by Gasteiger charge is 2.29. The second-order valence-electron chi connectivity index (χ2n) is 8.63. The Morgan fingerprint density at radius 2 is 1.79 bits per heavy atom. The number of rotatable bonds is 3. The number of aromatic nitrogens is 4. The minimum absolute atomic E-state index is 0.00502. The van der Waals surface area contributed by atoms with Crippen LogP contribution in [0, 0.1) is 0 Å². The maximum atomic E-state index is 13.9. The number of nitrogens with zero attached hydrogens (tertiary/aromatic N) is 5. The highest BCUT2D eigenvalue weighted by atomic mass is 35.5. The van der Waals surface area contributed by atoms with E-state index in [2.05, 4.69) is 10.2 Å². The summed E-state index contributed by atoms with van der Waals surface area (Å²) in [5.41, 5.74) is 3.76. The number of pyridine rings is 2. The summed E-state index contributed by atoms with van der Waals surface area (Å²) in [5, 5.41) is 10.2. The van der Waals surface area contributed by atoms with Crippen molar-refractivity contribution in [3.05, 3.63) is 95.4 Å². The SMILES string of the molecule is O=C(c1cc(-c2ccccc2Cl)nc2ccccc12)N1CCC[C@@H](c2nnc3ccccn23)C1. The van der Waals surface area contributed by atoms with E-state index >= 15 is 0 Å². The molecule has 4 heterocycles. The molecule has 2 aromatic carbocycles. The van der Waals surface area contributed by atoms with Gasteiger partial charge in [0.1, 0.15) is 5.82 Å². The predicted molar refractivity (Wildman–Crippen MR) is 133 cm³/mol. The molecule has 0 N–H and O–H groups in total. The molecular weight excluding hydrogens is 446 g/mol. The molecule has 168 valence electrons. The summed E-state index contributed by atoms with van der Waals surface area (Å²) < 4.78 is 2.02. The van der Waals surface area contributed by atoms with E-state index in [9.17, 15) is 4.79 Å². The first-order valence-electron chi connectivity index (χ1n) is 11.4. The average Bonchev–Trinajstić information content (AvgIpc) is 3.32. The van der Waals surface area contributed by atoms with Crippen LogP contribution in [0.5, 0.6) is 0 Å². The number of piperidine rings is 1. The van der Waals surface area contributed by atoms with Crippen molar-refractivity contribution in [2.24, 2.45) is 0 Å². The van der Waals surface area contributed by atoms with Crippen LogP contribution in [0.4, 0.5) is 0 Å². The van der Waals surface area contributed by atoms with Gasteiger partial charge in [-0.1, -0.05) is 54.1 Å². The van der Waals surface area contributed by atoms with Crippen LogP contribution in [0.25, 0.3) is 27.8 Å². The number of hydrogen-bond acceptors (Lipinski definition) is 4. The molecule has 0 bridgehead atoms. The van der Waals surface area contributed by atoms with E-state index in [1.807, 2.05) is 88.3 Å². The van der Waals surface area contributed by atoms with Gasteiger partial charge in [-0.2, -0.15) is 0 Å². The van der Waals surface area contributed by atoms with Crippen LogP contribution in [-0.4, -0.2) is 43.5 Å². The number of halogens is 1. The maximum Gasteiger partial charge on any atom is 0.254 e. The molecule has 7 heteroatoms. The maximum absolute atomic E-state index is 13.9. The Kier molecular flexibility index (Phi) is 5.23. The molecule has 0 spiro atoms. The van der Waals surface area contributed by atoms with Gasteiger partial charge in [0.25, 0.3) is 5.91 Å². The van der Waals surface area contributed by atoms with Crippen molar-refractivity contribution < 1.29 is 4.79 Å². The second kappa shape index (κ2) is 8.54. The molecular formula is C27H22ClN5O. The van der Waals surface area contributed by atoms with Gasteiger partial charge in [-0.15, -0.1) is 10.2 Å². The smallest absolute Gasteiger partial charge is 0.254 e. The summed E-state index contributed by atoms with van der Waals surface area (Å²) in [4.78, 5) is 20.6. The number of amides is 1. The lowest BCUT2D eigenvalue weighted by molar-refractivity contribution is 0.0706. The molecule has 3 aromatic heterocycles. The van der Waals surface area contributed by atoms with Crippen molar-refractivity contribution in [2.45, 2.75) is 18.8 Å². The van der Waals surface area contributed by atoms with Crippen LogP contribution in [-0.2, 0) is 0 Å². The number of carbonyl (C=O) groups excluding carboxylic acids is 1. The number of hydrogen-bond donors (Lipinski definition) is 0. The third kappa shape index (κ3) is 3.60. The molecule has 0 saturated carbocycles. The zero-order valence-corrected chi connectivity index (χ0v) is 19.2. The van der Waals surface area contributed by atoms with E-state index in [0.29, 0.717) is 29.4 Å². The molecule has 5 aromatic rings. The van der Waals surface area contributed by atoms with E-state index in [1.54, 1.807) is 0 Å². The molecule has 1 aliphatic heterocycles. The highest BCUT2D eigenvalue weighted by molar-refractivity contribution is 6.33. The summed E-state index contributed by atoms with van der Waals surface area (Å²) in [5.74, 6) is 1.04. The van der Waals surface area contributed by atoms with Gasteiger partial charge in [0, 0.05) is 41.2 Å². The minimum atomic E-state index is 0.00502. The van der Waals surface area contributed by atoms with E-state index in [-0.39, 0.29) is 11.8 Å². The molecule has 0 aliphatic carbocycles. The van der Waals surface area contributed by atoms with Gasteiger partial charge < -0.3 is 4.90 Å². The molecule has 6 rings (SSSR count). The van der Waals surface area contributed by atoms with Crippen LogP contribution < -0.4 is 0 Å². The summed E-state index contributed by atoms with van der Waals surface area (Å²) in [6.07, 6.45) is 3.87. The first-order valence-corrected chi connectivity index (χ1v) is 11.8. The summed E-state index contributed by atoms with van der Waals surface area (Å²) in [6, 6.07) is 23.1. The lowest BCUT2D eigenvalue weighted by Gasteiger charge is -2.32. The van der Waals surface area contributed by atoms with E-state index in [0.717, 1.165) is 40.8 Å². The van der Waals surface area contributed by atoms with E-state index < -0.39 is 0 Å². The monoisotopic (exact) mass is 467 g/mol. The van der Waals surface area contributed by atoms with Crippen molar-refractivity contribution in [2.75, 3.05) is 13.1 Å². The van der Waals surface area contributed by atoms with Gasteiger partial charge in [0.15, 0.2) is 5.65 Å². The van der Waals surface area contributed by atoms with Crippen molar-refractivity contribution in [3.63, 3.8) is 0 Å². The minimum Gasteiger partial charge on any atom is -0.338 e. The fourth-order valence-corrected chi connectivity index (χ4v) is 5.07. The van der Waals surface area contributed by atoms with Crippen LogP contribution in [0.1, 0.15) is 34.9 Å². The molecule has 1 atom stereocenters. The Labute approximate surface area is 201 Å². The Balaban J connectivity index is 1.38. The van der Waals surface area contributed by atoms with Crippen LogP contribution >= 0.6 is 11.6 Å². The van der Waals surface area contributed by atoms with Crippen LogP contribution in [0.2, 0.25) is 5.02 Å². The molecule has 34 heavy (non-hydrogen) atoms. The third-order valence-corrected chi connectivity index (χ3v) is 6.84. The van der Waals surface area contributed by atoms with Gasteiger partial charge in [0.05, 0.1) is 16.8 Å². The summed E-state index contributed by atoms with van der Waals surface area (Å²) >= 11 is 6.46. The van der Waals surface area contributed by atoms with Gasteiger partial charge >= 0.3 is 0 Å². The van der Waals surface area contributed by atoms with Gasteiger partial charge in [-0.3, -0.25) is 9.20 Å². The van der Waals surface area contributed by atoms with Crippen LogP contribution in [0.15, 0.2) is 79.0 Å². The number of benzene rings is 2. The Morgan fingerprint density at radius 3 is 2.71 bits per heavy atom.